The molecule has 0 heterocycles. The molecule has 1 aliphatic carbocycles. The van der Waals surface area contributed by atoms with Crippen LogP contribution >= 0.6 is 27.5 Å². The highest BCUT2D eigenvalue weighted by molar-refractivity contribution is 9.10. The molecule has 18 heavy (non-hydrogen) atoms. The van der Waals surface area contributed by atoms with Crippen LogP contribution in [0.5, 0.6) is 0 Å². The first-order chi connectivity index (χ1) is 8.56. The minimum atomic E-state index is 0.576. The van der Waals surface area contributed by atoms with Crippen molar-refractivity contribution in [2.24, 2.45) is 11.8 Å². The fourth-order valence-electron chi connectivity index (χ4n) is 2.76. The van der Waals surface area contributed by atoms with Crippen LogP contribution in [0.15, 0.2) is 22.7 Å². The molecule has 1 aromatic rings. The summed E-state index contributed by atoms with van der Waals surface area (Å²) in [5.41, 5.74) is 1.05. The predicted octanol–water partition coefficient (Wildman–Crippen LogP) is 5.73. The SMILES string of the molecule is CC(C)C1CCC(Nc2cc(Br)ccc2Cl)CC1. The summed E-state index contributed by atoms with van der Waals surface area (Å²) in [4.78, 5) is 0. The van der Waals surface area contributed by atoms with Gasteiger partial charge in [-0.25, -0.2) is 0 Å². The van der Waals surface area contributed by atoms with E-state index in [2.05, 4.69) is 41.2 Å². The smallest absolute Gasteiger partial charge is 0.0638 e. The number of anilines is 1. The maximum absolute atomic E-state index is 6.21. The van der Waals surface area contributed by atoms with Gasteiger partial charge in [-0.2, -0.15) is 0 Å². The summed E-state index contributed by atoms with van der Waals surface area (Å²) >= 11 is 9.70. The number of halogens is 2. The first-order valence-corrected chi connectivity index (χ1v) is 7.95. The Kier molecular flexibility index (Phi) is 4.97. The molecule has 3 heteroatoms. The van der Waals surface area contributed by atoms with Gasteiger partial charge in [-0.05, 0) is 55.7 Å². The number of hydrogen-bond donors (Lipinski definition) is 1. The quantitative estimate of drug-likeness (QED) is 0.746. The maximum Gasteiger partial charge on any atom is 0.0638 e. The molecule has 1 nitrogen and oxygen atoms in total. The average molecular weight is 331 g/mol. The Balaban J connectivity index is 1.93. The van der Waals surface area contributed by atoms with Crippen molar-refractivity contribution in [3.05, 3.63) is 27.7 Å². The molecule has 2 rings (SSSR count). The zero-order valence-electron chi connectivity index (χ0n) is 11.0. The molecule has 0 unspecified atom stereocenters. The standard InChI is InChI=1S/C15H21BrClN/c1-10(2)11-3-6-13(7-4-11)18-15-9-12(16)5-8-14(15)17/h5,8-11,13,18H,3-4,6-7H2,1-2H3. The van der Waals surface area contributed by atoms with E-state index in [1.807, 2.05) is 12.1 Å². The lowest BCUT2D eigenvalue weighted by atomic mass is 9.79. The van der Waals surface area contributed by atoms with Crippen molar-refractivity contribution >= 4 is 33.2 Å². The van der Waals surface area contributed by atoms with Crippen molar-refractivity contribution in [1.29, 1.82) is 0 Å². The van der Waals surface area contributed by atoms with Gasteiger partial charge in [-0.3, -0.25) is 0 Å². The fraction of sp³-hybridized carbons (Fsp3) is 0.600. The lowest BCUT2D eigenvalue weighted by Crippen LogP contribution is -2.28. The van der Waals surface area contributed by atoms with Crippen molar-refractivity contribution in [3.63, 3.8) is 0 Å². The fourth-order valence-corrected chi connectivity index (χ4v) is 3.29. The third-order valence-electron chi connectivity index (χ3n) is 4.00. The van der Waals surface area contributed by atoms with Gasteiger partial charge in [0.05, 0.1) is 10.7 Å². The molecule has 0 saturated heterocycles. The van der Waals surface area contributed by atoms with Gasteiger partial charge >= 0.3 is 0 Å². The molecule has 1 aliphatic rings. The van der Waals surface area contributed by atoms with Crippen LogP contribution in [0.1, 0.15) is 39.5 Å². The Labute approximate surface area is 123 Å². The minimum Gasteiger partial charge on any atom is -0.381 e. The van der Waals surface area contributed by atoms with E-state index in [4.69, 9.17) is 11.6 Å². The van der Waals surface area contributed by atoms with Gasteiger partial charge < -0.3 is 5.32 Å². The van der Waals surface area contributed by atoms with Gasteiger partial charge in [-0.15, -0.1) is 0 Å². The Bertz CT molecular complexity index is 397. The topological polar surface area (TPSA) is 12.0 Å². The third-order valence-corrected chi connectivity index (χ3v) is 4.83. The van der Waals surface area contributed by atoms with Crippen molar-refractivity contribution in [2.45, 2.75) is 45.6 Å². The molecule has 0 radical (unpaired) electrons. The average Bonchev–Trinajstić information content (AvgIpc) is 2.34. The zero-order chi connectivity index (χ0) is 13.1. The third kappa shape index (κ3) is 3.64. The second kappa shape index (κ2) is 6.29. The lowest BCUT2D eigenvalue weighted by Gasteiger charge is -2.32. The summed E-state index contributed by atoms with van der Waals surface area (Å²) in [6.45, 7) is 4.67. The van der Waals surface area contributed by atoms with E-state index in [-0.39, 0.29) is 0 Å². The molecule has 100 valence electrons. The van der Waals surface area contributed by atoms with Crippen LogP contribution in [0.4, 0.5) is 5.69 Å². The van der Waals surface area contributed by atoms with E-state index >= 15 is 0 Å². The number of benzene rings is 1. The summed E-state index contributed by atoms with van der Waals surface area (Å²) in [6, 6.07) is 6.56. The number of rotatable bonds is 3. The van der Waals surface area contributed by atoms with Crippen LogP contribution in [0, 0.1) is 11.8 Å². The predicted molar refractivity (Wildman–Crippen MR) is 83.4 cm³/mol. The van der Waals surface area contributed by atoms with Gasteiger partial charge in [0.15, 0.2) is 0 Å². The lowest BCUT2D eigenvalue weighted by molar-refractivity contribution is 0.267. The monoisotopic (exact) mass is 329 g/mol. The highest BCUT2D eigenvalue weighted by Crippen LogP contribution is 2.33. The van der Waals surface area contributed by atoms with Crippen LogP contribution in [-0.2, 0) is 0 Å². The van der Waals surface area contributed by atoms with E-state index in [0.29, 0.717) is 6.04 Å². The van der Waals surface area contributed by atoms with E-state index in [0.717, 1.165) is 27.0 Å². The van der Waals surface area contributed by atoms with E-state index in [1.54, 1.807) is 0 Å². The number of hydrogen-bond acceptors (Lipinski definition) is 1. The molecule has 0 aliphatic heterocycles. The Morgan fingerprint density at radius 3 is 2.50 bits per heavy atom. The van der Waals surface area contributed by atoms with Gasteiger partial charge in [-0.1, -0.05) is 41.4 Å². The van der Waals surface area contributed by atoms with Crippen molar-refractivity contribution in [3.8, 4) is 0 Å². The summed E-state index contributed by atoms with van der Waals surface area (Å²) in [5, 5.41) is 4.40. The maximum atomic E-state index is 6.21. The molecule has 0 spiro atoms. The summed E-state index contributed by atoms with van der Waals surface area (Å²) in [5.74, 6) is 1.72. The molecule has 1 fully saturated rings. The first kappa shape index (κ1) is 14.2. The summed E-state index contributed by atoms with van der Waals surface area (Å²) < 4.78 is 1.07. The summed E-state index contributed by atoms with van der Waals surface area (Å²) in [6.07, 6.45) is 5.18. The van der Waals surface area contributed by atoms with Crippen LogP contribution < -0.4 is 5.32 Å². The molecule has 0 amide bonds. The molecule has 0 atom stereocenters. The van der Waals surface area contributed by atoms with Crippen molar-refractivity contribution in [2.75, 3.05) is 5.32 Å². The zero-order valence-corrected chi connectivity index (χ0v) is 13.4. The molecular weight excluding hydrogens is 310 g/mol. The van der Waals surface area contributed by atoms with Gasteiger partial charge in [0, 0.05) is 10.5 Å². The molecule has 0 aromatic heterocycles. The van der Waals surface area contributed by atoms with Crippen LogP contribution in [0.3, 0.4) is 0 Å². The second-order valence-electron chi connectivity index (χ2n) is 5.62. The molecule has 1 aromatic carbocycles. The van der Waals surface area contributed by atoms with E-state index < -0.39 is 0 Å². The van der Waals surface area contributed by atoms with Crippen LogP contribution in [-0.4, -0.2) is 6.04 Å². The van der Waals surface area contributed by atoms with Crippen molar-refractivity contribution in [1.82, 2.24) is 0 Å². The van der Waals surface area contributed by atoms with Crippen molar-refractivity contribution < 1.29 is 0 Å². The first-order valence-electron chi connectivity index (χ1n) is 6.78. The van der Waals surface area contributed by atoms with Gasteiger partial charge in [0.2, 0.25) is 0 Å². The Morgan fingerprint density at radius 2 is 1.89 bits per heavy atom. The van der Waals surface area contributed by atoms with Gasteiger partial charge in [0.1, 0.15) is 0 Å². The highest BCUT2D eigenvalue weighted by atomic mass is 79.9. The Hall–Kier alpha value is -0.210. The molecule has 1 saturated carbocycles. The van der Waals surface area contributed by atoms with Crippen LogP contribution in [0.25, 0.3) is 0 Å². The largest absolute Gasteiger partial charge is 0.381 e. The molecule has 0 bridgehead atoms. The van der Waals surface area contributed by atoms with Gasteiger partial charge in [0.25, 0.3) is 0 Å². The summed E-state index contributed by atoms with van der Waals surface area (Å²) in [7, 11) is 0. The number of nitrogens with one attached hydrogen (secondary N) is 1. The molecular formula is C15H21BrClN. The minimum absolute atomic E-state index is 0.576. The van der Waals surface area contributed by atoms with Crippen LogP contribution in [0.2, 0.25) is 5.02 Å². The highest BCUT2D eigenvalue weighted by Gasteiger charge is 2.23. The Morgan fingerprint density at radius 1 is 1.22 bits per heavy atom. The van der Waals surface area contributed by atoms with E-state index in [1.165, 1.54) is 25.7 Å². The second-order valence-corrected chi connectivity index (χ2v) is 6.95. The van der Waals surface area contributed by atoms with E-state index in [9.17, 15) is 0 Å². The molecule has 1 N–H and O–H groups in total. The normalized spacial score (nSPS) is 24.3.